The van der Waals surface area contributed by atoms with Crippen molar-refractivity contribution >= 4 is 5.91 Å². The van der Waals surface area contributed by atoms with Gasteiger partial charge in [-0.3, -0.25) is 4.79 Å². The highest BCUT2D eigenvalue weighted by atomic mass is 16.1. The van der Waals surface area contributed by atoms with E-state index in [9.17, 15) is 4.79 Å². The van der Waals surface area contributed by atoms with Crippen molar-refractivity contribution in [3.05, 3.63) is 0 Å². The summed E-state index contributed by atoms with van der Waals surface area (Å²) in [6, 6.07) is 0.301. The molecule has 1 saturated carbocycles. The normalized spacial score (nSPS) is 24.6. The zero-order valence-electron chi connectivity index (χ0n) is 12.7. The number of amides is 1. The molecule has 1 aliphatic carbocycles. The first-order valence-electron chi connectivity index (χ1n) is 7.18. The Bertz CT molecular complexity index is 281. The van der Waals surface area contributed by atoms with Crippen LogP contribution in [0.5, 0.6) is 0 Å². The second kappa shape index (κ2) is 5.60. The van der Waals surface area contributed by atoms with E-state index in [1.807, 2.05) is 6.92 Å². The summed E-state index contributed by atoms with van der Waals surface area (Å²) < 4.78 is 0. The predicted octanol–water partition coefficient (Wildman–Crippen LogP) is 2.83. The molecule has 0 radical (unpaired) electrons. The average Bonchev–Trinajstić information content (AvgIpc) is 2.11. The van der Waals surface area contributed by atoms with E-state index in [0.717, 1.165) is 19.3 Å². The van der Waals surface area contributed by atoms with E-state index in [4.69, 9.17) is 5.73 Å². The lowest BCUT2D eigenvalue weighted by Gasteiger charge is -2.45. The third-order valence-electron chi connectivity index (χ3n) is 3.89. The van der Waals surface area contributed by atoms with Gasteiger partial charge in [0.1, 0.15) is 0 Å². The zero-order valence-corrected chi connectivity index (χ0v) is 12.7. The molecule has 0 aromatic carbocycles. The Balaban J connectivity index is 2.54. The third kappa shape index (κ3) is 4.97. The highest BCUT2D eigenvalue weighted by molar-refractivity contribution is 5.76. The van der Waals surface area contributed by atoms with Crippen LogP contribution < -0.4 is 11.1 Å². The van der Waals surface area contributed by atoms with Crippen molar-refractivity contribution in [1.29, 1.82) is 0 Å². The van der Waals surface area contributed by atoms with Crippen LogP contribution in [-0.2, 0) is 4.79 Å². The minimum atomic E-state index is -0.00499. The molecule has 0 aliphatic heterocycles. The highest BCUT2D eigenvalue weighted by Crippen LogP contribution is 2.45. The molecule has 1 fully saturated rings. The first-order valence-corrected chi connectivity index (χ1v) is 7.18. The van der Waals surface area contributed by atoms with Crippen LogP contribution >= 0.6 is 0 Å². The Hall–Kier alpha value is -0.570. The van der Waals surface area contributed by atoms with Crippen LogP contribution in [0.1, 0.15) is 66.7 Å². The van der Waals surface area contributed by atoms with Gasteiger partial charge in [0, 0.05) is 18.5 Å². The third-order valence-corrected chi connectivity index (χ3v) is 3.89. The van der Waals surface area contributed by atoms with Crippen molar-refractivity contribution in [1.82, 2.24) is 5.32 Å². The van der Waals surface area contributed by atoms with Gasteiger partial charge in [-0.25, -0.2) is 0 Å². The maximum atomic E-state index is 11.9. The Morgan fingerprint density at radius 1 is 1.28 bits per heavy atom. The van der Waals surface area contributed by atoms with Gasteiger partial charge in [0.25, 0.3) is 0 Å². The fourth-order valence-electron chi connectivity index (χ4n) is 3.62. The van der Waals surface area contributed by atoms with Crippen LogP contribution in [0, 0.1) is 10.8 Å². The van der Waals surface area contributed by atoms with Crippen LogP contribution in [0.4, 0.5) is 0 Å². The second-order valence-corrected chi connectivity index (χ2v) is 7.55. The summed E-state index contributed by atoms with van der Waals surface area (Å²) in [6.45, 7) is 11.2. The number of nitrogens with two attached hydrogens (primary N) is 1. The van der Waals surface area contributed by atoms with Gasteiger partial charge in [0.2, 0.25) is 5.91 Å². The van der Waals surface area contributed by atoms with Crippen LogP contribution in [0.15, 0.2) is 0 Å². The minimum absolute atomic E-state index is 0.00499. The van der Waals surface area contributed by atoms with Crippen LogP contribution in [-0.4, -0.2) is 18.0 Å². The van der Waals surface area contributed by atoms with E-state index in [-0.39, 0.29) is 11.9 Å². The molecule has 0 aromatic rings. The second-order valence-electron chi connectivity index (χ2n) is 7.55. The van der Waals surface area contributed by atoms with Crippen LogP contribution in [0.3, 0.4) is 0 Å². The molecule has 1 amide bonds. The number of hydrogen-bond acceptors (Lipinski definition) is 2. The summed E-state index contributed by atoms with van der Waals surface area (Å²) in [4.78, 5) is 11.9. The van der Waals surface area contributed by atoms with Crippen molar-refractivity contribution in [2.24, 2.45) is 16.6 Å². The first kappa shape index (κ1) is 15.5. The fraction of sp³-hybridized carbons (Fsp3) is 0.933. The predicted molar refractivity (Wildman–Crippen MR) is 76.2 cm³/mol. The molecule has 0 spiro atoms. The van der Waals surface area contributed by atoms with E-state index in [1.165, 1.54) is 6.42 Å². The molecule has 1 rings (SSSR count). The molecular formula is C15H30N2O. The lowest BCUT2D eigenvalue weighted by Crippen LogP contribution is -2.46. The first-order chi connectivity index (χ1) is 8.13. The minimum Gasteiger partial charge on any atom is -0.353 e. The van der Waals surface area contributed by atoms with Gasteiger partial charge in [-0.15, -0.1) is 0 Å². The molecule has 0 aromatic heterocycles. The molecule has 0 bridgehead atoms. The van der Waals surface area contributed by atoms with Crippen molar-refractivity contribution < 1.29 is 4.79 Å². The molecule has 1 aliphatic rings. The summed E-state index contributed by atoms with van der Waals surface area (Å²) in [7, 11) is 0. The van der Waals surface area contributed by atoms with Gasteiger partial charge in [0.15, 0.2) is 0 Å². The maximum absolute atomic E-state index is 11.9. The number of carbonyl (C=O) groups is 1. The Labute approximate surface area is 112 Å². The van der Waals surface area contributed by atoms with E-state index in [0.29, 0.717) is 23.3 Å². The van der Waals surface area contributed by atoms with E-state index >= 15 is 0 Å². The van der Waals surface area contributed by atoms with Gasteiger partial charge in [-0.1, -0.05) is 34.6 Å². The fourth-order valence-corrected chi connectivity index (χ4v) is 3.62. The van der Waals surface area contributed by atoms with Crippen LogP contribution in [0.2, 0.25) is 0 Å². The molecule has 0 heterocycles. The molecule has 1 unspecified atom stereocenters. The molecular weight excluding hydrogens is 224 g/mol. The molecule has 18 heavy (non-hydrogen) atoms. The quantitative estimate of drug-likeness (QED) is 0.810. The summed E-state index contributed by atoms with van der Waals surface area (Å²) in [5, 5.41) is 3.18. The zero-order chi connectivity index (χ0) is 14.0. The smallest absolute Gasteiger partial charge is 0.221 e. The average molecular weight is 254 g/mol. The number of rotatable bonds is 4. The number of hydrogen-bond donors (Lipinski definition) is 2. The van der Waals surface area contributed by atoms with Gasteiger partial charge in [-0.2, -0.15) is 0 Å². The Kier molecular flexibility index (Phi) is 4.82. The summed E-state index contributed by atoms with van der Waals surface area (Å²) in [6.07, 6.45) is 4.68. The van der Waals surface area contributed by atoms with Gasteiger partial charge in [-0.05, 0) is 36.5 Å². The molecule has 106 valence electrons. The maximum Gasteiger partial charge on any atom is 0.221 e. The summed E-state index contributed by atoms with van der Waals surface area (Å²) >= 11 is 0. The van der Waals surface area contributed by atoms with E-state index < -0.39 is 0 Å². The van der Waals surface area contributed by atoms with Crippen LogP contribution in [0.25, 0.3) is 0 Å². The highest BCUT2D eigenvalue weighted by Gasteiger charge is 2.38. The monoisotopic (exact) mass is 254 g/mol. The summed E-state index contributed by atoms with van der Waals surface area (Å²) in [5.74, 6) is 0.114. The number of nitrogens with one attached hydrogen (secondary N) is 1. The van der Waals surface area contributed by atoms with Crippen molar-refractivity contribution in [2.75, 3.05) is 0 Å². The molecule has 3 nitrogen and oxygen atoms in total. The molecule has 1 atom stereocenters. The standard InChI is InChI=1S/C15H30N2O/c1-6-11(16)7-13(18)17-12-8-14(2,3)10-15(4,5)9-12/h11-12H,6-10,16H2,1-5H3,(H,17,18). The SMILES string of the molecule is CCC(N)CC(=O)NC1CC(C)(C)CC(C)(C)C1. The van der Waals surface area contributed by atoms with Crippen molar-refractivity contribution in [3.63, 3.8) is 0 Å². The van der Waals surface area contributed by atoms with Crippen molar-refractivity contribution in [2.45, 2.75) is 78.8 Å². The summed E-state index contributed by atoms with van der Waals surface area (Å²) in [5.41, 5.74) is 6.45. The lowest BCUT2D eigenvalue weighted by atomic mass is 9.63. The topological polar surface area (TPSA) is 55.1 Å². The van der Waals surface area contributed by atoms with Gasteiger partial charge >= 0.3 is 0 Å². The van der Waals surface area contributed by atoms with E-state index in [1.54, 1.807) is 0 Å². The van der Waals surface area contributed by atoms with Crippen molar-refractivity contribution in [3.8, 4) is 0 Å². The van der Waals surface area contributed by atoms with Gasteiger partial charge < -0.3 is 11.1 Å². The van der Waals surface area contributed by atoms with E-state index in [2.05, 4.69) is 33.0 Å². The lowest BCUT2D eigenvalue weighted by molar-refractivity contribution is -0.123. The molecule has 0 saturated heterocycles. The number of carbonyl (C=O) groups excluding carboxylic acids is 1. The molecule has 3 N–H and O–H groups in total. The Morgan fingerprint density at radius 3 is 2.22 bits per heavy atom. The largest absolute Gasteiger partial charge is 0.353 e. The molecule has 3 heteroatoms. The van der Waals surface area contributed by atoms with Gasteiger partial charge in [0.05, 0.1) is 0 Å². The Morgan fingerprint density at radius 2 is 1.78 bits per heavy atom.